The minimum atomic E-state index is 0.0530. The molecule has 2 atom stereocenters. The third kappa shape index (κ3) is 4.78. The number of benzene rings is 2. The van der Waals surface area contributed by atoms with E-state index in [1.807, 2.05) is 6.07 Å². The normalized spacial score (nSPS) is 19.9. The molecule has 0 aromatic heterocycles. The zero-order chi connectivity index (χ0) is 20.9. The van der Waals surface area contributed by atoms with E-state index in [0.29, 0.717) is 19.8 Å². The molecule has 2 heterocycles. The summed E-state index contributed by atoms with van der Waals surface area (Å²) in [7, 11) is 0. The smallest absolute Gasteiger partial charge is 0.234 e. The van der Waals surface area contributed by atoms with E-state index < -0.39 is 0 Å². The quantitative estimate of drug-likeness (QED) is 0.761. The van der Waals surface area contributed by atoms with Crippen molar-refractivity contribution in [1.29, 1.82) is 0 Å². The molecule has 0 unspecified atom stereocenters. The number of aryl methyl sites for hydroxylation is 1. The molecule has 1 fully saturated rings. The van der Waals surface area contributed by atoms with Crippen LogP contribution in [0.15, 0.2) is 42.5 Å². The Morgan fingerprint density at radius 1 is 1.10 bits per heavy atom. The van der Waals surface area contributed by atoms with Crippen LogP contribution in [0, 0.1) is 6.92 Å². The van der Waals surface area contributed by atoms with Crippen LogP contribution in [-0.4, -0.2) is 37.1 Å². The maximum absolute atomic E-state index is 12.9. The van der Waals surface area contributed by atoms with Gasteiger partial charge < -0.3 is 14.8 Å². The molecule has 2 aromatic carbocycles. The lowest BCUT2D eigenvalue weighted by Crippen LogP contribution is -2.38. The van der Waals surface area contributed by atoms with Crippen molar-refractivity contribution in [3.8, 4) is 11.5 Å². The van der Waals surface area contributed by atoms with Gasteiger partial charge in [-0.15, -0.1) is 0 Å². The van der Waals surface area contributed by atoms with Crippen LogP contribution in [0.5, 0.6) is 11.5 Å². The van der Waals surface area contributed by atoms with Crippen LogP contribution in [0.25, 0.3) is 0 Å². The van der Waals surface area contributed by atoms with Crippen LogP contribution >= 0.6 is 0 Å². The van der Waals surface area contributed by atoms with Gasteiger partial charge in [-0.25, -0.2) is 0 Å². The molecule has 1 amide bonds. The molecule has 0 saturated carbocycles. The zero-order valence-corrected chi connectivity index (χ0v) is 18.0. The van der Waals surface area contributed by atoms with Gasteiger partial charge in [0.25, 0.3) is 0 Å². The van der Waals surface area contributed by atoms with Crippen molar-refractivity contribution in [2.45, 2.75) is 51.6 Å². The monoisotopic (exact) mass is 408 g/mol. The molecule has 0 radical (unpaired) electrons. The summed E-state index contributed by atoms with van der Waals surface area (Å²) in [4.78, 5) is 15.2. The standard InChI is InChI=1S/C25H32N2O3/c1-3-21(19-9-7-18(2)8-10-19)26-25(28)17-27-13-4-6-22(27)20-11-12-23-24(16-20)30-15-5-14-29-23/h7-12,16,21-22H,3-6,13-15,17H2,1-2H3,(H,26,28)/t21-,22-/m1/s1. The number of hydrogen-bond acceptors (Lipinski definition) is 4. The summed E-state index contributed by atoms with van der Waals surface area (Å²) in [5.74, 6) is 1.73. The van der Waals surface area contributed by atoms with Gasteiger partial charge in [0, 0.05) is 12.5 Å². The fraction of sp³-hybridized carbons (Fsp3) is 0.480. The fourth-order valence-corrected chi connectivity index (χ4v) is 4.42. The molecule has 5 heteroatoms. The van der Waals surface area contributed by atoms with E-state index in [9.17, 15) is 4.79 Å². The maximum atomic E-state index is 12.9. The van der Waals surface area contributed by atoms with Gasteiger partial charge in [-0.1, -0.05) is 42.8 Å². The first kappa shape index (κ1) is 20.7. The predicted molar refractivity (Wildman–Crippen MR) is 118 cm³/mol. The number of hydrogen-bond donors (Lipinski definition) is 1. The molecular weight excluding hydrogens is 376 g/mol. The summed E-state index contributed by atoms with van der Waals surface area (Å²) in [5, 5.41) is 3.23. The lowest BCUT2D eigenvalue weighted by molar-refractivity contribution is -0.123. The third-order valence-electron chi connectivity index (χ3n) is 6.09. The van der Waals surface area contributed by atoms with E-state index in [2.05, 4.69) is 60.5 Å². The van der Waals surface area contributed by atoms with Crippen molar-refractivity contribution in [1.82, 2.24) is 10.2 Å². The van der Waals surface area contributed by atoms with Crippen LogP contribution in [0.4, 0.5) is 0 Å². The van der Waals surface area contributed by atoms with Crippen molar-refractivity contribution in [3.05, 3.63) is 59.2 Å². The van der Waals surface area contributed by atoms with Gasteiger partial charge in [0.2, 0.25) is 5.91 Å². The summed E-state index contributed by atoms with van der Waals surface area (Å²) in [6, 6.07) is 15.0. The van der Waals surface area contributed by atoms with Crippen LogP contribution in [0.3, 0.4) is 0 Å². The molecule has 160 valence electrons. The van der Waals surface area contributed by atoms with Gasteiger partial charge >= 0.3 is 0 Å². The van der Waals surface area contributed by atoms with Crippen molar-refractivity contribution < 1.29 is 14.3 Å². The number of nitrogens with one attached hydrogen (secondary N) is 1. The number of carbonyl (C=O) groups excluding carboxylic acids is 1. The average molecular weight is 409 g/mol. The van der Waals surface area contributed by atoms with E-state index in [-0.39, 0.29) is 18.0 Å². The minimum Gasteiger partial charge on any atom is -0.490 e. The number of ether oxygens (including phenoxy) is 2. The lowest BCUT2D eigenvalue weighted by atomic mass is 10.0. The molecule has 1 N–H and O–H groups in total. The second kappa shape index (κ2) is 9.52. The number of fused-ring (bicyclic) bond motifs is 1. The first-order chi connectivity index (χ1) is 14.6. The van der Waals surface area contributed by atoms with E-state index in [1.54, 1.807) is 0 Å². The van der Waals surface area contributed by atoms with Gasteiger partial charge in [-0.05, 0) is 56.0 Å². The Bertz CT molecular complexity index is 865. The molecule has 0 bridgehead atoms. The number of nitrogens with zero attached hydrogens (tertiary/aromatic N) is 1. The molecule has 4 rings (SSSR count). The van der Waals surface area contributed by atoms with Gasteiger partial charge in [0.1, 0.15) is 0 Å². The molecule has 30 heavy (non-hydrogen) atoms. The highest BCUT2D eigenvalue weighted by Crippen LogP contribution is 2.37. The second-order valence-electron chi connectivity index (χ2n) is 8.32. The Hall–Kier alpha value is -2.53. The van der Waals surface area contributed by atoms with Crippen LogP contribution in [-0.2, 0) is 4.79 Å². The number of rotatable bonds is 6. The van der Waals surface area contributed by atoms with Crippen molar-refractivity contribution in [3.63, 3.8) is 0 Å². The van der Waals surface area contributed by atoms with Gasteiger partial charge in [-0.3, -0.25) is 9.69 Å². The van der Waals surface area contributed by atoms with Gasteiger partial charge in [0.15, 0.2) is 11.5 Å². The largest absolute Gasteiger partial charge is 0.490 e. The van der Waals surface area contributed by atoms with Gasteiger partial charge in [-0.2, -0.15) is 0 Å². The van der Waals surface area contributed by atoms with Crippen molar-refractivity contribution >= 4 is 5.91 Å². The first-order valence-electron chi connectivity index (χ1n) is 11.1. The first-order valence-corrected chi connectivity index (χ1v) is 11.1. The number of carbonyl (C=O) groups is 1. The molecule has 5 nitrogen and oxygen atoms in total. The van der Waals surface area contributed by atoms with Crippen LogP contribution in [0.2, 0.25) is 0 Å². The highest BCUT2D eigenvalue weighted by atomic mass is 16.5. The van der Waals surface area contributed by atoms with Crippen molar-refractivity contribution in [2.24, 2.45) is 0 Å². The average Bonchev–Trinajstić information content (AvgIpc) is 3.08. The SMILES string of the molecule is CC[C@@H](NC(=O)CN1CCC[C@@H]1c1ccc2c(c1)OCCCO2)c1ccc(C)cc1. The highest BCUT2D eigenvalue weighted by molar-refractivity contribution is 5.78. The molecule has 0 aliphatic carbocycles. The Balaban J connectivity index is 1.41. The highest BCUT2D eigenvalue weighted by Gasteiger charge is 2.29. The van der Waals surface area contributed by atoms with E-state index in [0.717, 1.165) is 49.3 Å². The molecule has 1 saturated heterocycles. The van der Waals surface area contributed by atoms with E-state index >= 15 is 0 Å². The maximum Gasteiger partial charge on any atom is 0.234 e. The van der Waals surface area contributed by atoms with Crippen LogP contribution < -0.4 is 14.8 Å². The van der Waals surface area contributed by atoms with Crippen molar-refractivity contribution in [2.75, 3.05) is 26.3 Å². The molecule has 2 aromatic rings. The van der Waals surface area contributed by atoms with Gasteiger partial charge in [0.05, 0.1) is 25.8 Å². The Labute approximate surface area is 179 Å². The molecule has 2 aliphatic heterocycles. The lowest BCUT2D eigenvalue weighted by Gasteiger charge is -2.26. The minimum absolute atomic E-state index is 0.0530. The molecule has 2 aliphatic rings. The van der Waals surface area contributed by atoms with E-state index in [1.165, 1.54) is 11.1 Å². The zero-order valence-electron chi connectivity index (χ0n) is 18.0. The molecule has 0 spiro atoms. The Morgan fingerprint density at radius 3 is 2.63 bits per heavy atom. The summed E-state index contributed by atoms with van der Waals surface area (Å²) < 4.78 is 11.6. The third-order valence-corrected chi connectivity index (χ3v) is 6.09. The predicted octanol–water partition coefficient (Wildman–Crippen LogP) is 4.56. The Morgan fingerprint density at radius 2 is 1.87 bits per heavy atom. The second-order valence-corrected chi connectivity index (χ2v) is 8.32. The van der Waals surface area contributed by atoms with E-state index in [4.69, 9.17) is 9.47 Å². The fourth-order valence-electron chi connectivity index (χ4n) is 4.42. The summed E-state index contributed by atoms with van der Waals surface area (Å²) >= 11 is 0. The molecular formula is C25H32N2O3. The topological polar surface area (TPSA) is 50.8 Å². The Kier molecular flexibility index (Phi) is 6.58. The summed E-state index contributed by atoms with van der Waals surface area (Å²) in [6.07, 6.45) is 3.93. The number of likely N-dealkylation sites (tertiary alicyclic amines) is 1. The van der Waals surface area contributed by atoms with Crippen LogP contribution in [0.1, 0.15) is 61.4 Å². The number of amides is 1. The summed E-state index contributed by atoms with van der Waals surface area (Å²) in [5.41, 5.74) is 3.60. The summed E-state index contributed by atoms with van der Waals surface area (Å²) in [6.45, 7) is 6.93.